The van der Waals surface area contributed by atoms with Gasteiger partial charge in [0.15, 0.2) is 0 Å². The van der Waals surface area contributed by atoms with Gasteiger partial charge in [0.2, 0.25) is 0 Å². The zero-order valence-electron chi connectivity index (χ0n) is 14.5. The van der Waals surface area contributed by atoms with E-state index in [1.807, 2.05) is 18.3 Å². The number of hydrogen-bond acceptors (Lipinski definition) is 2. The van der Waals surface area contributed by atoms with E-state index in [9.17, 15) is 0 Å². The van der Waals surface area contributed by atoms with Crippen molar-refractivity contribution in [2.75, 3.05) is 6.54 Å². The van der Waals surface area contributed by atoms with Crippen LogP contribution in [0.3, 0.4) is 0 Å². The lowest BCUT2D eigenvalue weighted by molar-refractivity contribution is 0.211. The molecule has 0 saturated heterocycles. The first kappa shape index (κ1) is 16.2. The lowest BCUT2D eigenvalue weighted by atomic mass is 9.96. The summed E-state index contributed by atoms with van der Waals surface area (Å²) < 4.78 is 0. The van der Waals surface area contributed by atoms with Crippen LogP contribution in [0.15, 0.2) is 37.1 Å². The van der Waals surface area contributed by atoms with Crippen LogP contribution in [0.25, 0.3) is 10.9 Å². The predicted octanol–water partition coefficient (Wildman–Crippen LogP) is 5.04. The van der Waals surface area contributed by atoms with Crippen molar-refractivity contribution in [1.29, 1.82) is 0 Å². The molecule has 0 unspecified atom stereocenters. The van der Waals surface area contributed by atoms with Gasteiger partial charge in [-0.2, -0.15) is 0 Å². The van der Waals surface area contributed by atoms with Crippen molar-refractivity contribution in [2.24, 2.45) is 0 Å². The van der Waals surface area contributed by atoms with Gasteiger partial charge in [0.05, 0.1) is 5.52 Å². The number of fused-ring (bicyclic) bond motifs is 1. The van der Waals surface area contributed by atoms with Gasteiger partial charge in [0, 0.05) is 30.7 Å². The molecule has 23 heavy (non-hydrogen) atoms. The molecule has 1 saturated carbocycles. The fourth-order valence-corrected chi connectivity index (χ4v) is 3.97. The summed E-state index contributed by atoms with van der Waals surface area (Å²) in [7, 11) is 0. The van der Waals surface area contributed by atoms with Crippen molar-refractivity contribution in [3.8, 4) is 0 Å². The third-order valence-electron chi connectivity index (χ3n) is 5.30. The van der Waals surface area contributed by atoms with E-state index in [-0.39, 0.29) is 0 Å². The van der Waals surface area contributed by atoms with E-state index >= 15 is 0 Å². The van der Waals surface area contributed by atoms with Crippen LogP contribution >= 0.6 is 0 Å². The Labute approximate surface area is 140 Å². The Morgan fingerprint density at radius 1 is 1.30 bits per heavy atom. The maximum atomic E-state index is 4.66. The van der Waals surface area contributed by atoms with Crippen LogP contribution in [0.2, 0.25) is 0 Å². The minimum atomic E-state index is 0.719. The number of pyridine rings is 1. The zero-order chi connectivity index (χ0) is 16.2. The monoisotopic (exact) mass is 308 g/mol. The first-order valence-electron chi connectivity index (χ1n) is 8.95. The van der Waals surface area contributed by atoms with Crippen molar-refractivity contribution in [1.82, 2.24) is 9.88 Å². The van der Waals surface area contributed by atoms with Crippen LogP contribution in [-0.4, -0.2) is 22.5 Å². The van der Waals surface area contributed by atoms with Crippen LogP contribution in [0.1, 0.15) is 49.3 Å². The summed E-state index contributed by atoms with van der Waals surface area (Å²) in [6.07, 6.45) is 10.4. The molecular weight excluding hydrogens is 280 g/mol. The topological polar surface area (TPSA) is 16.1 Å². The molecule has 0 N–H and O–H groups in total. The smallest absolute Gasteiger partial charge is 0.0737 e. The molecule has 1 aromatic heterocycles. The molecule has 0 spiro atoms. The summed E-state index contributed by atoms with van der Waals surface area (Å²) in [5, 5.41) is 1.31. The summed E-state index contributed by atoms with van der Waals surface area (Å²) in [5.41, 5.74) is 5.36. The number of nitrogens with zero attached hydrogens (tertiary/aromatic N) is 2. The van der Waals surface area contributed by atoms with E-state index in [1.54, 1.807) is 0 Å². The van der Waals surface area contributed by atoms with Gasteiger partial charge in [0.1, 0.15) is 0 Å². The average molecular weight is 308 g/mol. The normalized spacial score (nSPS) is 15.6. The molecule has 0 amide bonds. The van der Waals surface area contributed by atoms with Crippen LogP contribution < -0.4 is 0 Å². The van der Waals surface area contributed by atoms with Crippen molar-refractivity contribution in [3.05, 3.63) is 53.7 Å². The highest BCUT2D eigenvalue weighted by Crippen LogP contribution is 2.29. The van der Waals surface area contributed by atoms with E-state index in [0.29, 0.717) is 0 Å². The molecular formula is C21H28N2. The molecule has 0 bridgehead atoms. The Balaban J connectivity index is 1.97. The summed E-state index contributed by atoms with van der Waals surface area (Å²) in [5.74, 6) is 0. The van der Waals surface area contributed by atoms with Gasteiger partial charge in [-0.15, -0.1) is 6.58 Å². The third-order valence-corrected chi connectivity index (χ3v) is 5.30. The molecule has 122 valence electrons. The first-order chi connectivity index (χ1) is 11.2. The van der Waals surface area contributed by atoms with E-state index < -0.39 is 0 Å². The summed E-state index contributed by atoms with van der Waals surface area (Å²) in [4.78, 5) is 7.27. The van der Waals surface area contributed by atoms with Gasteiger partial charge in [-0.05, 0) is 48.9 Å². The minimum Gasteiger partial charge on any atom is -0.292 e. The second-order valence-electron chi connectivity index (χ2n) is 6.73. The molecule has 1 aliphatic carbocycles. The molecule has 0 aliphatic heterocycles. The fraction of sp³-hybridized carbons (Fsp3) is 0.476. The Morgan fingerprint density at radius 2 is 2.09 bits per heavy atom. The van der Waals surface area contributed by atoms with Crippen molar-refractivity contribution in [2.45, 2.75) is 58.5 Å². The van der Waals surface area contributed by atoms with E-state index in [4.69, 9.17) is 0 Å². The SMILES string of the molecule is C=CCN(Cc1cc(CC)c2cccnc2c1C)C1CCCC1. The highest BCUT2D eigenvalue weighted by molar-refractivity contribution is 5.86. The number of rotatable bonds is 6. The van der Waals surface area contributed by atoms with E-state index in [2.05, 4.69) is 42.4 Å². The maximum absolute atomic E-state index is 4.66. The van der Waals surface area contributed by atoms with E-state index in [1.165, 1.54) is 53.3 Å². The van der Waals surface area contributed by atoms with Crippen molar-refractivity contribution < 1.29 is 0 Å². The molecule has 1 fully saturated rings. The standard InChI is InChI=1S/C21H28N2/c1-4-13-23(19-9-6-7-10-19)15-18-14-17(5-2)20-11-8-12-22-21(20)16(18)3/h4,8,11-12,14,19H,1,5-7,9-10,13,15H2,2-3H3. The maximum Gasteiger partial charge on any atom is 0.0737 e. The van der Waals surface area contributed by atoms with E-state index in [0.717, 1.165) is 25.6 Å². The highest BCUT2D eigenvalue weighted by atomic mass is 15.1. The number of hydrogen-bond donors (Lipinski definition) is 0. The molecule has 3 rings (SSSR count). The average Bonchev–Trinajstić information content (AvgIpc) is 3.11. The Morgan fingerprint density at radius 3 is 2.78 bits per heavy atom. The number of benzene rings is 1. The second-order valence-corrected chi connectivity index (χ2v) is 6.73. The lowest BCUT2D eigenvalue weighted by Gasteiger charge is -2.28. The fourth-order valence-electron chi connectivity index (χ4n) is 3.97. The molecule has 1 heterocycles. The summed E-state index contributed by atoms with van der Waals surface area (Å²) in [6.45, 7) is 10.4. The Kier molecular flexibility index (Phi) is 5.12. The van der Waals surface area contributed by atoms with Gasteiger partial charge in [-0.3, -0.25) is 9.88 Å². The first-order valence-corrected chi connectivity index (χ1v) is 8.95. The lowest BCUT2D eigenvalue weighted by Crippen LogP contribution is -2.33. The van der Waals surface area contributed by atoms with Gasteiger partial charge >= 0.3 is 0 Å². The molecule has 2 heteroatoms. The highest BCUT2D eigenvalue weighted by Gasteiger charge is 2.22. The Hall–Kier alpha value is -1.67. The predicted molar refractivity (Wildman–Crippen MR) is 98.7 cm³/mol. The van der Waals surface area contributed by atoms with Crippen LogP contribution in [0.5, 0.6) is 0 Å². The molecule has 1 aliphatic rings. The van der Waals surface area contributed by atoms with Gasteiger partial charge < -0.3 is 0 Å². The van der Waals surface area contributed by atoms with Gasteiger partial charge in [0.25, 0.3) is 0 Å². The van der Waals surface area contributed by atoms with Crippen LogP contribution in [0, 0.1) is 6.92 Å². The van der Waals surface area contributed by atoms with Crippen molar-refractivity contribution >= 4 is 10.9 Å². The quantitative estimate of drug-likeness (QED) is 0.695. The molecule has 0 atom stereocenters. The van der Waals surface area contributed by atoms with Crippen LogP contribution in [-0.2, 0) is 13.0 Å². The molecule has 2 nitrogen and oxygen atoms in total. The molecule has 0 radical (unpaired) electrons. The van der Waals surface area contributed by atoms with Crippen molar-refractivity contribution in [3.63, 3.8) is 0 Å². The number of aromatic nitrogens is 1. The largest absolute Gasteiger partial charge is 0.292 e. The molecule has 1 aromatic carbocycles. The Bertz CT molecular complexity index is 684. The van der Waals surface area contributed by atoms with Gasteiger partial charge in [-0.25, -0.2) is 0 Å². The van der Waals surface area contributed by atoms with Crippen LogP contribution in [0.4, 0.5) is 0 Å². The summed E-state index contributed by atoms with van der Waals surface area (Å²) >= 11 is 0. The second kappa shape index (κ2) is 7.27. The number of aryl methyl sites for hydroxylation is 2. The zero-order valence-corrected chi connectivity index (χ0v) is 14.5. The summed E-state index contributed by atoms with van der Waals surface area (Å²) in [6, 6.07) is 7.38. The third kappa shape index (κ3) is 3.32. The van der Waals surface area contributed by atoms with Gasteiger partial charge in [-0.1, -0.05) is 38.0 Å². The molecule has 2 aromatic rings. The minimum absolute atomic E-state index is 0.719.